The average Bonchev–Trinajstić information content (AvgIpc) is 3.28. The van der Waals surface area contributed by atoms with Crippen molar-refractivity contribution >= 4 is 5.96 Å². The molecule has 2 rings (SSSR count). The minimum Gasteiger partial charge on any atom is -0.494 e. The first-order valence-electron chi connectivity index (χ1n) is 7.97. The predicted molar refractivity (Wildman–Crippen MR) is 87.9 cm³/mol. The quantitative estimate of drug-likeness (QED) is 0.599. The van der Waals surface area contributed by atoms with Crippen molar-refractivity contribution < 1.29 is 4.74 Å². The van der Waals surface area contributed by atoms with E-state index in [1.54, 1.807) is 0 Å². The lowest BCUT2D eigenvalue weighted by Crippen LogP contribution is -2.38. The molecule has 1 aromatic carbocycles. The lowest BCUT2D eigenvalue weighted by Gasteiger charge is -2.12. The van der Waals surface area contributed by atoms with Gasteiger partial charge in [0.05, 0.1) is 13.2 Å². The zero-order valence-corrected chi connectivity index (χ0v) is 13.4. The van der Waals surface area contributed by atoms with Crippen LogP contribution in [-0.4, -0.2) is 25.7 Å². The molecule has 0 aliphatic heterocycles. The van der Waals surface area contributed by atoms with Gasteiger partial charge in [0.2, 0.25) is 0 Å². The summed E-state index contributed by atoms with van der Waals surface area (Å²) >= 11 is 0. The molecule has 1 aromatic rings. The van der Waals surface area contributed by atoms with Crippen LogP contribution in [0.4, 0.5) is 0 Å². The van der Waals surface area contributed by atoms with Crippen molar-refractivity contribution in [1.29, 1.82) is 0 Å². The Bertz CT molecular complexity index is 481. The second kappa shape index (κ2) is 7.91. The molecule has 4 nitrogen and oxygen atoms in total. The maximum atomic E-state index is 5.71. The largest absolute Gasteiger partial charge is 0.494 e. The van der Waals surface area contributed by atoms with Crippen molar-refractivity contribution in [2.75, 3.05) is 19.7 Å². The van der Waals surface area contributed by atoms with Crippen LogP contribution in [0.2, 0.25) is 0 Å². The number of aryl methyl sites for hydroxylation is 1. The van der Waals surface area contributed by atoms with E-state index in [4.69, 9.17) is 4.74 Å². The number of hydrogen-bond donors (Lipinski definition) is 2. The molecular weight excluding hydrogens is 262 g/mol. The third-order valence-electron chi connectivity index (χ3n) is 3.53. The summed E-state index contributed by atoms with van der Waals surface area (Å²) in [6.07, 6.45) is 2.69. The molecule has 0 unspecified atom stereocenters. The zero-order valence-electron chi connectivity index (χ0n) is 13.4. The topological polar surface area (TPSA) is 45.7 Å². The molecule has 1 aliphatic carbocycles. The molecule has 0 aromatic heterocycles. The lowest BCUT2D eigenvalue weighted by atomic mass is 10.1. The summed E-state index contributed by atoms with van der Waals surface area (Å²) in [5.74, 6) is 2.68. The lowest BCUT2D eigenvalue weighted by molar-refractivity contribution is 0.336. The Morgan fingerprint density at radius 1 is 1.29 bits per heavy atom. The summed E-state index contributed by atoms with van der Waals surface area (Å²) in [4.78, 5) is 4.67. The van der Waals surface area contributed by atoms with E-state index in [1.807, 2.05) is 6.92 Å². The van der Waals surface area contributed by atoms with Gasteiger partial charge in [0.25, 0.3) is 0 Å². The fourth-order valence-electron chi connectivity index (χ4n) is 2.15. The Kier molecular flexibility index (Phi) is 5.90. The molecule has 1 saturated carbocycles. The van der Waals surface area contributed by atoms with Crippen LogP contribution in [0.15, 0.2) is 23.2 Å². The minimum atomic E-state index is 0.635. The van der Waals surface area contributed by atoms with Crippen molar-refractivity contribution in [2.45, 2.75) is 40.2 Å². The maximum Gasteiger partial charge on any atom is 0.191 e. The normalized spacial score (nSPS) is 14.9. The van der Waals surface area contributed by atoms with Crippen LogP contribution in [-0.2, 0) is 6.54 Å². The number of benzene rings is 1. The zero-order chi connectivity index (χ0) is 15.1. The van der Waals surface area contributed by atoms with Gasteiger partial charge in [-0.3, -0.25) is 0 Å². The minimum absolute atomic E-state index is 0.635. The first kappa shape index (κ1) is 15.7. The standard InChI is InChI=1S/C17H27N3O/c1-4-18-17(19-11-14-7-8-14)20-12-15-9-6-13(3)10-16(15)21-5-2/h6,9-10,14H,4-5,7-8,11-12H2,1-3H3,(H2,18,19,20). The molecule has 0 spiro atoms. The highest BCUT2D eigenvalue weighted by molar-refractivity contribution is 5.79. The molecule has 0 atom stereocenters. The van der Waals surface area contributed by atoms with Crippen LogP contribution < -0.4 is 15.4 Å². The van der Waals surface area contributed by atoms with Crippen LogP contribution in [0.1, 0.15) is 37.8 Å². The fraction of sp³-hybridized carbons (Fsp3) is 0.588. The molecule has 2 N–H and O–H groups in total. The predicted octanol–water partition coefficient (Wildman–Crippen LogP) is 2.86. The third kappa shape index (κ3) is 5.29. The highest BCUT2D eigenvalue weighted by atomic mass is 16.5. The number of hydrogen-bond acceptors (Lipinski definition) is 2. The van der Waals surface area contributed by atoms with Gasteiger partial charge in [0, 0.05) is 18.7 Å². The molecule has 4 heteroatoms. The Labute approximate surface area is 128 Å². The van der Waals surface area contributed by atoms with E-state index in [2.05, 4.69) is 47.7 Å². The van der Waals surface area contributed by atoms with Gasteiger partial charge in [-0.15, -0.1) is 0 Å². The van der Waals surface area contributed by atoms with Crippen molar-refractivity contribution in [3.05, 3.63) is 29.3 Å². The highest BCUT2D eigenvalue weighted by Gasteiger charge is 2.21. The number of guanidine groups is 1. The first-order chi connectivity index (χ1) is 10.2. The fourth-order valence-corrected chi connectivity index (χ4v) is 2.15. The van der Waals surface area contributed by atoms with Gasteiger partial charge in [-0.05, 0) is 51.2 Å². The SMILES string of the molecule is CCNC(=NCc1ccc(C)cc1OCC)NCC1CC1. The second-order valence-electron chi connectivity index (χ2n) is 5.56. The van der Waals surface area contributed by atoms with Gasteiger partial charge >= 0.3 is 0 Å². The van der Waals surface area contributed by atoms with Crippen LogP contribution >= 0.6 is 0 Å². The van der Waals surface area contributed by atoms with Gasteiger partial charge in [-0.25, -0.2) is 4.99 Å². The number of ether oxygens (including phenoxy) is 1. The van der Waals surface area contributed by atoms with E-state index in [0.717, 1.165) is 36.3 Å². The number of nitrogens with one attached hydrogen (secondary N) is 2. The third-order valence-corrected chi connectivity index (χ3v) is 3.53. The molecule has 0 saturated heterocycles. The van der Waals surface area contributed by atoms with Crippen LogP contribution in [0.25, 0.3) is 0 Å². The molecule has 1 aliphatic rings. The molecule has 0 bridgehead atoms. The molecule has 0 heterocycles. The molecule has 116 valence electrons. The first-order valence-corrected chi connectivity index (χ1v) is 7.97. The molecule has 21 heavy (non-hydrogen) atoms. The van der Waals surface area contributed by atoms with E-state index in [9.17, 15) is 0 Å². The average molecular weight is 289 g/mol. The second-order valence-corrected chi connectivity index (χ2v) is 5.56. The molecule has 1 fully saturated rings. The summed E-state index contributed by atoms with van der Waals surface area (Å²) < 4.78 is 5.71. The highest BCUT2D eigenvalue weighted by Crippen LogP contribution is 2.27. The van der Waals surface area contributed by atoms with Gasteiger partial charge in [0.15, 0.2) is 5.96 Å². The van der Waals surface area contributed by atoms with Crippen LogP contribution in [0, 0.1) is 12.8 Å². The van der Waals surface area contributed by atoms with E-state index >= 15 is 0 Å². The van der Waals surface area contributed by atoms with E-state index in [-0.39, 0.29) is 0 Å². The van der Waals surface area contributed by atoms with Crippen molar-refractivity contribution in [1.82, 2.24) is 10.6 Å². The molecular formula is C17H27N3O. The number of rotatable bonds is 7. The Morgan fingerprint density at radius 2 is 2.10 bits per heavy atom. The monoisotopic (exact) mass is 289 g/mol. The van der Waals surface area contributed by atoms with Gasteiger partial charge in [0.1, 0.15) is 5.75 Å². The van der Waals surface area contributed by atoms with Crippen LogP contribution in [0.5, 0.6) is 5.75 Å². The molecule has 0 amide bonds. The Hall–Kier alpha value is -1.71. The summed E-state index contributed by atoms with van der Waals surface area (Å²) in [7, 11) is 0. The summed E-state index contributed by atoms with van der Waals surface area (Å²) in [6.45, 7) is 9.40. The van der Waals surface area contributed by atoms with Crippen molar-refractivity contribution in [3.8, 4) is 5.75 Å². The molecule has 0 radical (unpaired) electrons. The van der Waals surface area contributed by atoms with Gasteiger partial charge in [-0.2, -0.15) is 0 Å². The summed E-state index contributed by atoms with van der Waals surface area (Å²) in [5, 5.41) is 6.71. The Balaban J connectivity index is 2.00. The summed E-state index contributed by atoms with van der Waals surface area (Å²) in [5.41, 5.74) is 2.34. The van der Waals surface area contributed by atoms with Crippen molar-refractivity contribution in [3.63, 3.8) is 0 Å². The summed E-state index contributed by atoms with van der Waals surface area (Å²) in [6, 6.07) is 6.30. The maximum absolute atomic E-state index is 5.71. The van der Waals surface area contributed by atoms with E-state index in [0.29, 0.717) is 13.2 Å². The Morgan fingerprint density at radius 3 is 2.76 bits per heavy atom. The number of nitrogens with zero attached hydrogens (tertiary/aromatic N) is 1. The van der Waals surface area contributed by atoms with E-state index < -0.39 is 0 Å². The van der Waals surface area contributed by atoms with Crippen LogP contribution in [0.3, 0.4) is 0 Å². The number of aliphatic imine (C=N–C) groups is 1. The van der Waals surface area contributed by atoms with Gasteiger partial charge < -0.3 is 15.4 Å². The van der Waals surface area contributed by atoms with Crippen molar-refractivity contribution in [2.24, 2.45) is 10.9 Å². The van der Waals surface area contributed by atoms with E-state index in [1.165, 1.54) is 18.4 Å². The smallest absolute Gasteiger partial charge is 0.191 e. The van der Waals surface area contributed by atoms with Gasteiger partial charge in [-0.1, -0.05) is 12.1 Å².